The van der Waals surface area contributed by atoms with Crippen LogP contribution in [0.4, 0.5) is 0 Å². The molecular formula is C11H19ClN2O2. The van der Waals surface area contributed by atoms with Gasteiger partial charge in [-0.15, -0.1) is 0 Å². The Labute approximate surface area is 101 Å². The fraction of sp³-hybridized carbons (Fsp3) is 0.727. The van der Waals surface area contributed by atoms with Crippen LogP contribution in [0.15, 0.2) is 0 Å². The Balaban J connectivity index is 2.88. The summed E-state index contributed by atoms with van der Waals surface area (Å²) in [5, 5.41) is 14.8. The molecule has 1 atom stereocenters. The zero-order valence-electron chi connectivity index (χ0n) is 10.0. The predicted molar refractivity (Wildman–Crippen MR) is 63.9 cm³/mol. The standard InChI is InChI=1S/C11H19ClN2O2/c1-4-9-11(12)10(14(5-2)13-9)6-8(15)7-16-3/h8,15H,4-7H2,1-3H3. The van der Waals surface area contributed by atoms with E-state index in [2.05, 4.69) is 5.10 Å². The lowest BCUT2D eigenvalue weighted by Gasteiger charge is -2.10. The Bertz CT molecular complexity index is 339. The Kier molecular flexibility index (Phi) is 5.25. The van der Waals surface area contributed by atoms with Crippen LogP contribution in [-0.4, -0.2) is 34.7 Å². The number of aryl methyl sites for hydroxylation is 2. The molecule has 1 aromatic rings. The van der Waals surface area contributed by atoms with E-state index in [1.165, 1.54) is 0 Å². The number of aromatic nitrogens is 2. The molecule has 0 aromatic carbocycles. The summed E-state index contributed by atoms with van der Waals surface area (Å²) in [7, 11) is 1.57. The smallest absolute Gasteiger partial charge is 0.0850 e. The van der Waals surface area contributed by atoms with E-state index < -0.39 is 6.10 Å². The highest BCUT2D eigenvalue weighted by Crippen LogP contribution is 2.22. The van der Waals surface area contributed by atoms with Crippen LogP contribution >= 0.6 is 11.6 Å². The predicted octanol–water partition coefficient (Wildman–Crippen LogP) is 1.67. The van der Waals surface area contributed by atoms with E-state index in [4.69, 9.17) is 16.3 Å². The minimum Gasteiger partial charge on any atom is -0.390 e. The van der Waals surface area contributed by atoms with E-state index in [1.54, 1.807) is 7.11 Å². The minimum absolute atomic E-state index is 0.312. The molecule has 0 aliphatic carbocycles. The number of aliphatic hydroxyl groups excluding tert-OH is 1. The molecular weight excluding hydrogens is 228 g/mol. The lowest BCUT2D eigenvalue weighted by molar-refractivity contribution is 0.0637. The summed E-state index contributed by atoms with van der Waals surface area (Å²) in [4.78, 5) is 0. The van der Waals surface area contributed by atoms with Crippen molar-refractivity contribution in [2.75, 3.05) is 13.7 Å². The van der Waals surface area contributed by atoms with E-state index in [1.807, 2.05) is 18.5 Å². The lowest BCUT2D eigenvalue weighted by atomic mass is 10.2. The van der Waals surface area contributed by atoms with Gasteiger partial charge in [0, 0.05) is 20.1 Å². The Morgan fingerprint density at radius 2 is 2.19 bits per heavy atom. The number of nitrogens with zero attached hydrogens (tertiary/aromatic N) is 2. The molecule has 1 N–H and O–H groups in total. The Morgan fingerprint density at radius 1 is 1.50 bits per heavy atom. The van der Waals surface area contributed by atoms with Gasteiger partial charge in [-0.3, -0.25) is 4.68 Å². The zero-order valence-corrected chi connectivity index (χ0v) is 10.8. The molecule has 0 saturated carbocycles. The molecule has 0 radical (unpaired) electrons. The van der Waals surface area contributed by atoms with Crippen LogP contribution in [0.3, 0.4) is 0 Å². The van der Waals surface area contributed by atoms with E-state index in [0.717, 1.165) is 24.4 Å². The third kappa shape index (κ3) is 2.97. The van der Waals surface area contributed by atoms with Gasteiger partial charge in [-0.25, -0.2) is 0 Å². The molecule has 0 aliphatic heterocycles. The van der Waals surface area contributed by atoms with Crippen LogP contribution in [0.1, 0.15) is 25.2 Å². The second-order valence-electron chi connectivity index (χ2n) is 3.69. The summed E-state index contributed by atoms with van der Waals surface area (Å²) in [5.74, 6) is 0. The van der Waals surface area contributed by atoms with Crippen LogP contribution in [-0.2, 0) is 24.1 Å². The number of ether oxygens (including phenoxy) is 1. The molecule has 92 valence electrons. The molecule has 0 bridgehead atoms. The van der Waals surface area contributed by atoms with Crippen LogP contribution < -0.4 is 0 Å². The number of hydrogen-bond acceptors (Lipinski definition) is 3. The first kappa shape index (κ1) is 13.5. The molecule has 1 aromatic heterocycles. The zero-order chi connectivity index (χ0) is 12.1. The van der Waals surface area contributed by atoms with Crippen LogP contribution in [0.5, 0.6) is 0 Å². The van der Waals surface area contributed by atoms with Gasteiger partial charge in [0.2, 0.25) is 0 Å². The average Bonchev–Trinajstić information content (AvgIpc) is 2.56. The number of halogens is 1. The third-order valence-corrected chi connectivity index (χ3v) is 2.92. The van der Waals surface area contributed by atoms with Crippen LogP contribution in [0.25, 0.3) is 0 Å². The molecule has 0 aliphatic rings. The number of rotatable bonds is 6. The summed E-state index contributed by atoms with van der Waals surface area (Å²) in [5.41, 5.74) is 1.79. The normalized spacial score (nSPS) is 13.1. The third-order valence-electron chi connectivity index (χ3n) is 2.48. The summed E-state index contributed by atoms with van der Waals surface area (Å²) >= 11 is 6.22. The highest BCUT2D eigenvalue weighted by Gasteiger charge is 2.17. The maximum Gasteiger partial charge on any atom is 0.0850 e. The van der Waals surface area contributed by atoms with Crippen molar-refractivity contribution in [3.8, 4) is 0 Å². The molecule has 0 saturated heterocycles. The van der Waals surface area contributed by atoms with Crippen molar-refractivity contribution >= 4 is 11.6 Å². The van der Waals surface area contributed by atoms with Gasteiger partial charge in [0.15, 0.2) is 0 Å². The average molecular weight is 247 g/mol. The molecule has 0 amide bonds. The first-order valence-corrected chi connectivity index (χ1v) is 5.92. The summed E-state index contributed by atoms with van der Waals surface area (Å²) in [6.45, 7) is 5.10. The maximum absolute atomic E-state index is 9.70. The topological polar surface area (TPSA) is 47.3 Å². The largest absolute Gasteiger partial charge is 0.390 e. The number of methoxy groups -OCH3 is 1. The van der Waals surface area contributed by atoms with Gasteiger partial charge in [0.1, 0.15) is 0 Å². The van der Waals surface area contributed by atoms with Crippen molar-refractivity contribution in [2.24, 2.45) is 0 Å². The monoisotopic (exact) mass is 246 g/mol. The van der Waals surface area contributed by atoms with Gasteiger partial charge in [0.25, 0.3) is 0 Å². The van der Waals surface area contributed by atoms with Gasteiger partial charge in [0.05, 0.1) is 29.1 Å². The van der Waals surface area contributed by atoms with Gasteiger partial charge >= 0.3 is 0 Å². The fourth-order valence-electron chi connectivity index (χ4n) is 1.69. The lowest BCUT2D eigenvalue weighted by Crippen LogP contribution is -2.19. The van der Waals surface area contributed by atoms with Crippen LogP contribution in [0, 0.1) is 0 Å². The van der Waals surface area contributed by atoms with Crippen LogP contribution in [0.2, 0.25) is 5.02 Å². The maximum atomic E-state index is 9.70. The molecule has 1 unspecified atom stereocenters. The van der Waals surface area contributed by atoms with Crippen molar-refractivity contribution in [1.82, 2.24) is 9.78 Å². The van der Waals surface area contributed by atoms with Crippen molar-refractivity contribution in [3.05, 3.63) is 16.4 Å². The first-order valence-electron chi connectivity index (χ1n) is 5.55. The van der Waals surface area contributed by atoms with E-state index in [9.17, 15) is 5.11 Å². The number of hydrogen-bond donors (Lipinski definition) is 1. The van der Waals surface area contributed by atoms with E-state index >= 15 is 0 Å². The van der Waals surface area contributed by atoms with Crippen molar-refractivity contribution in [2.45, 2.75) is 39.3 Å². The minimum atomic E-state index is -0.533. The Morgan fingerprint density at radius 3 is 2.69 bits per heavy atom. The van der Waals surface area contributed by atoms with Gasteiger partial charge in [-0.05, 0) is 13.3 Å². The summed E-state index contributed by atoms with van der Waals surface area (Å²) in [6.07, 6.45) is 0.751. The van der Waals surface area contributed by atoms with Crippen molar-refractivity contribution < 1.29 is 9.84 Å². The molecule has 1 rings (SSSR count). The van der Waals surface area contributed by atoms with E-state index in [-0.39, 0.29) is 0 Å². The highest BCUT2D eigenvalue weighted by molar-refractivity contribution is 6.31. The van der Waals surface area contributed by atoms with Crippen molar-refractivity contribution in [1.29, 1.82) is 0 Å². The van der Waals surface area contributed by atoms with E-state index in [0.29, 0.717) is 18.1 Å². The summed E-state index contributed by atoms with van der Waals surface area (Å²) in [6, 6.07) is 0. The fourth-order valence-corrected chi connectivity index (χ4v) is 2.03. The molecule has 1 heterocycles. The SMILES string of the molecule is CCc1nn(CC)c(CC(O)COC)c1Cl. The second kappa shape index (κ2) is 6.23. The quantitative estimate of drug-likeness (QED) is 0.831. The first-order chi connectivity index (χ1) is 7.63. The molecule has 16 heavy (non-hydrogen) atoms. The Hall–Kier alpha value is -0.580. The molecule has 4 nitrogen and oxygen atoms in total. The summed E-state index contributed by atoms with van der Waals surface area (Å²) < 4.78 is 6.75. The molecule has 5 heteroatoms. The van der Waals surface area contributed by atoms with Gasteiger partial charge in [-0.1, -0.05) is 18.5 Å². The van der Waals surface area contributed by atoms with Crippen molar-refractivity contribution in [3.63, 3.8) is 0 Å². The highest BCUT2D eigenvalue weighted by atomic mass is 35.5. The molecule has 0 fully saturated rings. The second-order valence-corrected chi connectivity index (χ2v) is 4.07. The van der Waals surface area contributed by atoms with Gasteiger partial charge < -0.3 is 9.84 Å². The number of aliphatic hydroxyl groups is 1. The van der Waals surface area contributed by atoms with Gasteiger partial charge in [-0.2, -0.15) is 5.10 Å². The molecule has 0 spiro atoms.